The Kier molecular flexibility index (Phi) is 6.41. The first-order valence-corrected chi connectivity index (χ1v) is 11.9. The third-order valence-electron chi connectivity index (χ3n) is 5.54. The molecule has 1 aliphatic heterocycles. The zero-order valence-corrected chi connectivity index (χ0v) is 19.5. The number of nitrogens with zero attached hydrogens (tertiary/aromatic N) is 6. The van der Waals surface area contributed by atoms with Gasteiger partial charge in [0.05, 0.1) is 25.0 Å². The van der Waals surface area contributed by atoms with Crippen molar-refractivity contribution in [1.29, 1.82) is 0 Å². The van der Waals surface area contributed by atoms with Crippen LogP contribution in [0.25, 0.3) is 11.5 Å². The van der Waals surface area contributed by atoms with Crippen LogP contribution in [0, 0.1) is 6.92 Å². The molecule has 1 fully saturated rings. The Labute approximate surface area is 197 Å². The third kappa shape index (κ3) is 4.94. The van der Waals surface area contributed by atoms with Gasteiger partial charge in [-0.3, -0.25) is 4.57 Å². The summed E-state index contributed by atoms with van der Waals surface area (Å²) in [5.74, 6) is 1.96. The van der Waals surface area contributed by atoms with E-state index in [0.717, 1.165) is 29.8 Å². The zero-order chi connectivity index (χ0) is 22.6. The van der Waals surface area contributed by atoms with E-state index in [1.165, 1.54) is 11.1 Å². The molecule has 2 aromatic carbocycles. The van der Waals surface area contributed by atoms with Crippen molar-refractivity contribution in [1.82, 2.24) is 25.0 Å². The summed E-state index contributed by atoms with van der Waals surface area (Å²) >= 11 is 1.57. The average Bonchev–Trinajstić information content (AvgIpc) is 3.49. The molecule has 170 valence electrons. The number of aromatic nitrogens is 5. The maximum atomic E-state index is 6.00. The monoisotopic (exact) mass is 462 g/mol. The Morgan fingerprint density at radius 3 is 2.45 bits per heavy atom. The van der Waals surface area contributed by atoms with Gasteiger partial charge in [-0.2, -0.15) is 0 Å². The van der Waals surface area contributed by atoms with E-state index in [0.29, 0.717) is 31.5 Å². The molecule has 0 unspecified atom stereocenters. The van der Waals surface area contributed by atoms with E-state index in [2.05, 4.69) is 61.1 Å². The molecule has 1 atom stereocenters. The van der Waals surface area contributed by atoms with E-state index in [1.807, 2.05) is 37.3 Å². The third-order valence-corrected chi connectivity index (χ3v) is 6.61. The van der Waals surface area contributed by atoms with Gasteiger partial charge in [0.2, 0.25) is 17.7 Å². The van der Waals surface area contributed by atoms with E-state index in [4.69, 9.17) is 9.15 Å². The summed E-state index contributed by atoms with van der Waals surface area (Å²) in [6.07, 6.45) is 0. The Bertz CT molecular complexity index is 1190. The summed E-state index contributed by atoms with van der Waals surface area (Å²) in [4.78, 5) is 2.23. The zero-order valence-electron chi connectivity index (χ0n) is 18.7. The highest BCUT2D eigenvalue weighted by molar-refractivity contribution is 7.99. The maximum Gasteiger partial charge on any atom is 0.247 e. The van der Waals surface area contributed by atoms with Gasteiger partial charge in [-0.05, 0) is 31.5 Å². The highest BCUT2D eigenvalue weighted by atomic mass is 32.2. The molecule has 0 bridgehead atoms. The lowest BCUT2D eigenvalue weighted by Gasteiger charge is -2.28. The van der Waals surface area contributed by atoms with Gasteiger partial charge in [-0.15, -0.1) is 20.4 Å². The summed E-state index contributed by atoms with van der Waals surface area (Å²) in [5.41, 5.74) is 3.30. The molecule has 5 rings (SSSR count). The lowest BCUT2D eigenvalue weighted by Crippen LogP contribution is -2.38. The van der Waals surface area contributed by atoms with E-state index in [9.17, 15) is 0 Å². The highest BCUT2D eigenvalue weighted by Gasteiger charge is 2.24. The summed E-state index contributed by atoms with van der Waals surface area (Å²) in [6.45, 7) is 7.79. The normalized spacial score (nSPS) is 15.0. The van der Waals surface area contributed by atoms with Gasteiger partial charge < -0.3 is 14.1 Å². The van der Waals surface area contributed by atoms with Crippen LogP contribution in [0.5, 0.6) is 0 Å². The Hall–Kier alpha value is -3.17. The predicted octanol–water partition coefficient (Wildman–Crippen LogP) is 4.37. The second-order valence-corrected chi connectivity index (χ2v) is 9.33. The first-order chi connectivity index (χ1) is 16.2. The van der Waals surface area contributed by atoms with Crippen molar-refractivity contribution < 1.29 is 9.15 Å². The Balaban J connectivity index is 1.39. The van der Waals surface area contributed by atoms with E-state index >= 15 is 0 Å². The minimum absolute atomic E-state index is 0.0760. The lowest BCUT2D eigenvalue weighted by molar-refractivity contribution is 0.121. The van der Waals surface area contributed by atoms with Gasteiger partial charge >= 0.3 is 0 Å². The van der Waals surface area contributed by atoms with Gasteiger partial charge in [-0.1, -0.05) is 59.8 Å². The molecule has 0 N–H and O–H groups in total. The molecule has 0 radical (unpaired) electrons. The van der Waals surface area contributed by atoms with Crippen LogP contribution in [-0.4, -0.2) is 51.3 Å². The fourth-order valence-electron chi connectivity index (χ4n) is 3.69. The molecule has 0 saturated carbocycles. The molecular formula is C24H26N6O2S. The number of ether oxygens (including phenoxy) is 1. The van der Waals surface area contributed by atoms with Gasteiger partial charge in [0.15, 0.2) is 5.16 Å². The molecule has 1 saturated heterocycles. The summed E-state index contributed by atoms with van der Waals surface area (Å²) in [6, 6.07) is 18.4. The number of hydrogen-bond acceptors (Lipinski definition) is 8. The molecular weight excluding hydrogens is 436 g/mol. The molecule has 9 heteroatoms. The number of benzene rings is 2. The SMILES string of the molecule is Cc1ccc(-c2nnc([C@@H](C)Sc3nnc(N4CCOCC4)n3Cc3ccccc3)o2)cc1. The number of hydrogen-bond donors (Lipinski definition) is 0. The van der Waals surface area contributed by atoms with Crippen molar-refractivity contribution in [2.45, 2.75) is 30.8 Å². The predicted molar refractivity (Wildman–Crippen MR) is 127 cm³/mol. The van der Waals surface area contributed by atoms with Crippen LogP contribution in [0.3, 0.4) is 0 Å². The number of thioether (sulfide) groups is 1. The number of anilines is 1. The number of aryl methyl sites for hydroxylation is 1. The van der Waals surface area contributed by atoms with Crippen LogP contribution >= 0.6 is 11.8 Å². The highest BCUT2D eigenvalue weighted by Crippen LogP contribution is 2.36. The van der Waals surface area contributed by atoms with E-state index in [1.54, 1.807) is 11.8 Å². The lowest BCUT2D eigenvalue weighted by atomic mass is 10.1. The minimum Gasteiger partial charge on any atom is -0.419 e. The fourth-order valence-corrected chi connectivity index (χ4v) is 4.56. The fraction of sp³-hybridized carbons (Fsp3) is 0.333. The number of morpholine rings is 1. The second kappa shape index (κ2) is 9.76. The van der Waals surface area contributed by atoms with Crippen molar-refractivity contribution in [3.63, 3.8) is 0 Å². The second-order valence-electron chi connectivity index (χ2n) is 8.03. The molecule has 1 aliphatic rings. The molecule has 2 aromatic heterocycles. The summed E-state index contributed by atoms with van der Waals surface area (Å²) in [5, 5.41) is 18.4. The van der Waals surface area contributed by atoms with E-state index in [-0.39, 0.29) is 5.25 Å². The molecule has 0 amide bonds. The first kappa shape index (κ1) is 21.7. The largest absolute Gasteiger partial charge is 0.419 e. The maximum absolute atomic E-state index is 6.00. The Morgan fingerprint density at radius 1 is 0.939 bits per heavy atom. The van der Waals surface area contributed by atoms with Crippen molar-refractivity contribution in [3.05, 3.63) is 71.6 Å². The van der Waals surface area contributed by atoms with Gasteiger partial charge in [0.1, 0.15) is 0 Å². The molecule has 3 heterocycles. The van der Waals surface area contributed by atoms with Gasteiger partial charge in [0.25, 0.3) is 0 Å². The molecule has 0 aliphatic carbocycles. The molecule has 4 aromatic rings. The van der Waals surface area contributed by atoms with Crippen molar-refractivity contribution >= 4 is 17.7 Å². The molecule has 33 heavy (non-hydrogen) atoms. The quantitative estimate of drug-likeness (QED) is 0.374. The molecule has 8 nitrogen and oxygen atoms in total. The summed E-state index contributed by atoms with van der Waals surface area (Å²) < 4.78 is 13.7. The Morgan fingerprint density at radius 2 is 1.70 bits per heavy atom. The standard InChI is InChI=1S/C24H26N6O2S/c1-17-8-10-20(11-9-17)22-26-25-21(32-22)18(2)33-24-28-27-23(29-12-14-31-15-13-29)30(24)16-19-6-4-3-5-7-19/h3-11,18H,12-16H2,1-2H3/t18-/m1/s1. The van der Waals surface area contributed by atoms with Crippen LogP contribution in [0.2, 0.25) is 0 Å². The first-order valence-electron chi connectivity index (χ1n) is 11.0. The topological polar surface area (TPSA) is 82.1 Å². The number of rotatable bonds is 7. The smallest absolute Gasteiger partial charge is 0.247 e. The van der Waals surface area contributed by atoms with Crippen molar-refractivity contribution in [2.75, 3.05) is 31.2 Å². The van der Waals surface area contributed by atoms with E-state index < -0.39 is 0 Å². The van der Waals surface area contributed by atoms with Crippen LogP contribution in [-0.2, 0) is 11.3 Å². The van der Waals surface area contributed by atoms with Gasteiger partial charge in [-0.25, -0.2) is 0 Å². The molecule has 0 spiro atoms. The van der Waals surface area contributed by atoms with Crippen LogP contribution in [0.15, 0.2) is 64.2 Å². The van der Waals surface area contributed by atoms with Crippen molar-refractivity contribution in [2.24, 2.45) is 0 Å². The van der Waals surface area contributed by atoms with Crippen LogP contribution in [0.4, 0.5) is 5.95 Å². The average molecular weight is 463 g/mol. The van der Waals surface area contributed by atoms with Crippen LogP contribution < -0.4 is 4.90 Å². The van der Waals surface area contributed by atoms with Crippen LogP contribution in [0.1, 0.15) is 29.2 Å². The minimum atomic E-state index is -0.0760. The van der Waals surface area contributed by atoms with Crippen molar-refractivity contribution in [3.8, 4) is 11.5 Å². The summed E-state index contributed by atoms with van der Waals surface area (Å²) in [7, 11) is 0. The van der Waals surface area contributed by atoms with Gasteiger partial charge in [0, 0.05) is 18.7 Å².